The normalized spacial score (nSPS) is 22.5. The number of hydrogen-bond donors (Lipinski definition) is 2. The van der Waals surface area contributed by atoms with Gasteiger partial charge in [-0.1, -0.05) is 0 Å². The topological polar surface area (TPSA) is 88.8 Å². The van der Waals surface area contributed by atoms with Gasteiger partial charge < -0.3 is 19.6 Å². The third-order valence-electron chi connectivity index (χ3n) is 4.48. The number of methoxy groups -OCH3 is 1. The molecule has 1 aliphatic rings. The van der Waals surface area contributed by atoms with Gasteiger partial charge in [0, 0.05) is 19.6 Å². The summed E-state index contributed by atoms with van der Waals surface area (Å²) in [7, 11) is 1.62. The maximum absolute atomic E-state index is 12.5. The minimum atomic E-state index is -0.757. The predicted molar refractivity (Wildman–Crippen MR) is 83.9 cm³/mol. The van der Waals surface area contributed by atoms with Crippen molar-refractivity contribution in [2.45, 2.75) is 45.1 Å². The Labute approximate surface area is 136 Å². The molecule has 1 heterocycles. The zero-order valence-corrected chi connectivity index (χ0v) is 13.7. The maximum Gasteiger partial charge on any atom is 0.306 e. The fraction of sp³-hybridized carbons (Fsp3) is 0.647. The van der Waals surface area contributed by atoms with Crippen LogP contribution in [0.25, 0.3) is 0 Å². The van der Waals surface area contributed by atoms with Gasteiger partial charge in [0.15, 0.2) is 0 Å². The summed E-state index contributed by atoms with van der Waals surface area (Å²) in [5.74, 6) is 0.324. The van der Waals surface area contributed by atoms with E-state index in [1.165, 1.54) is 0 Å². The molecule has 0 spiro atoms. The first-order valence-electron chi connectivity index (χ1n) is 8.09. The van der Waals surface area contributed by atoms with Crippen molar-refractivity contribution in [2.24, 2.45) is 11.8 Å². The zero-order chi connectivity index (χ0) is 16.8. The largest absolute Gasteiger partial charge is 0.481 e. The van der Waals surface area contributed by atoms with Crippen molar-refractivity contribution < 1.29 is 23.8 Å². The fourth-order valence-electron chi connectivity index (χ4n) is 3.05. The number of carboxylic acid groups (broad SMARTS) is 1. The summed E-state index contributed by atoms with van der Waals surface area (Å²) in [6.45, 7) is 2.39. The molecule has 0 saturated heterocycles. The van der Waals surface area contributed by atoms with E-state index in [1.807, 2.05) is 19.1 Å². The van der Waals surface area contributed by atoms with E-state index >= 15 is 0 Å². The van der Waals surface area contributed by atoms with E-state index in [0.29, 0.717) is 38.7 Å². The molecule has 6 heteroatoms. The number of aliphatic carboxylic acids is 1. The Morgan fingerprint density at radius 2 is 1.96 bits per heavy atom. The highest BCUT2D eigenvalue weighted by atomic mass is 16.5. The van der Waals surface area contributed by atoms with Gasteiger partial charge in [-0.25, -0.2) is 0 Å². The summed E-state index contributed by atoms with van der Waals surface area (Å²) in [4.78, 5) is 23.5. The minimum Gasteiger partial charge on any atom is -0.481 e. The molecular formula is C17H25NO5. The number of aryl methyl sites for hydroxylation is 1. The molecule has 1 aliphatic carbocycles. The molecule has 1 aromatic rings. The van der Waals surface area contributed by atoms with Gasteiger partial charge in [-0.15, -0.1) is 0 Å². The van der Waals surface area contributed by atoms with Crippen molar-refractivity contribution in [3.8, 4) is 0 Å². The summed E-state index contributed by atoms with van der Waals surface area (Å²) in [6.07, 6.45) is 3.01. The number of carbonyl (C=O) groups is 2. The van der Waals surface area contributed by atoms with Gasteiger partial charge in [0.1, 0.15) is 11.5 Å². The molecule has 2 N–H and O–H groups in total. The molecule has 1 aromatic heterocycles. The molecule has 0 radical (unpaired) electrons. The van der Waals surface area contributed by atoms with E-state index in [-0.39, 0.29) is 23.8 Å². The summed E-state index contributed by atoms with van der Waals surface area (Å²) in [6, 6.07) is 3.53. The molecule has 6 nitrogen and oxygen atoms in total. The highest BCUT2D eigenvalue weighted by molar-refractivity contribution is 5.79. The average Bonchev–Trinajstić information content (AvgIpc) is 2.97. The second-order valence-corrected chi connectivity index (χ2v) is 6.18. The van der Waals surface area contributed by atoms with Gasteiger partial charge in [0.2, 0.25) is 5.91 Å². The second kappa shape index (κ2) is 8.15. The van der Waals surface area contributed by atoms with Gasteiger partial charge in [-0.3, -0.25) is 9.59 Å². The van der Waals surface area contributed by atoms with Gasteiger partial charge >= 0.3 is 5.97 Å². The summed E-state index contributed by atoms with van der Waals surface area (Å²) < 4.78 is 10.7. The van der Waals surface area contributed by atoms with Crippen LogP contribution >= 0.6 is 0 Å². The number of carboxylic acids is 1. The zero-order valence-electron chi connectivity index (χ0n) is 13.7. The van der Waals surface area contributed by atoms with Crippen molar-refractivity contribution in [2.75, 3.05) is 13.7 Å². The van der Waals surface area contributed by atoms with Crippen LogP contribution in [0.5, 0.6) is 0 Å². The number of rotatable bonds is 7. The Morgan fingerprint density at radius 3 is 2.48 bits per heavy atom. The van der Waals surface area contributed by atoms with Gasteiger partial charge in [-0.05, 0) is 51.2 Å². The van der Waals surface area contributed by atoms with E-state index in [0.717, 1.165) is 11.5 Å². The van der Waals surface area contributed by atoms with Crippen LogP contribution in [-0.4, -0.2) is 30.7 Å². The number of furan rings is 1. The maximum atomic E-state index is 12.5. The second-order valence-electron chi connectivity index (χ2n) is 6.18. The molecule has 1 saturated carbocycles. The lowest BCUT2D eigenvalue weighted by Crippen LogP contribution is -2.37. The predicted octanol–water partition coefficient (Wildman–Crippen LogP) is 2.67. The van der Waals surface area contributed by atoms with Crippen molar-refractivity contribution in [3.05, 3.63) is 23.7 Å². The highest BCUT2D eigenvalue weighted by Gasteiger charge is 2.31. The minimum absolute atomic E-state index is 0.0241. The molecule has 0 bridgehead atoms. The van der Waals surface area contributed by atoms with Crippen LogP contribution in [0.4, 0.5) is 0 Å². The Hall–Kier alpha value is -1.82. The molecule has 0 aliphatic heterocycles. The molecule has 23 heavy (non-hydrogen) atoms. The number of amides is 1. The van der Waals surface area contributed by atoms with Crippen LogP contribution in [-0.2, 0) is 14.3 Å². The third-order valence-corrected chi connectivity index (χ3v) is 4.48. The van der Waals surface area contributed by atoms with E-state index in [1.54, 1.807) is 7.11 Å². The summed E-state index contributed by atoms with van der Waals surface area (Å²) >= 11 is 0. The standard InChI is InChI=1S/C17H25NO5/c1-11-3-8-15(23-11)14(9-10-22-2)18-16(19)12-4-6-13(7-5-12)17(20)21/h3,8,12-14H,4-7,9-10H2,1-2H3,(H,18,19)(H,20,21). The molecule has 0 aromatic carbocycles. The van der Waals surface area contributed by atoms with Crippen LogP contribution in [0.15, 0.2) is 16.5 Å². The Morgan fingerprint density at radius 1 is 1.30 bits per heavy atom. The molecule has 1 fully saturated rings. The summed E-state index contributed by atoms with van der Waals surface area (Å²) in [5.41, 5.74) is 0. The van der Waals surface area contributed by atoms with E-state index in [4.69, 9.17) is 14.3 Å². The smallest absolute Gasteiger partial charge is 0.306 e. The molecule has 128 valence electrons. The molecule has 1 amide bonds. The van der Waals surface area contributed by atoms with Crippen LogP contribution in [0, 0.1) is 18.8 Å². The number of ether oxygens (including phenoxy) is 1. The van der Waals surface area contributed by atoms with Gasteiger partial charge in [0.25, 0.3) is 0 Å². The number of carbonyl (C=O) groups excluding carboxylic acids is 1. The lowest BCUT2D eigenvalue weighted by atomic mass is 9.81. The monoisotopic (exact) mass is 323 g/mol. The first-order valence-corrected chi connectivity index (χ1v) is 8.09. The van der Waals surface area contributed by atoms with Crippen LogP contribution in [0.2, 0.25) is 0 Å². The Kier molecular flexibility index (Phi) is 6.21. The quantitative estimate of drug-likeness (QED) is 0.805. The third kappa shape index (κ3) is 4.82. The lowest BCUT2D eigenvalue weighted by Gasteiger charge is -2.27. The van der Waals surface area contributed by atoms with E-state index < -0.39 is 5.97 Å². The molecule has 2 rings (SSSR count). The number of hydrogen-bond acceptors (Lipinski definition) is 4. The lowest BCUT2D eigenvalue weighted by molar-refractivity contribution is -0.144. The van der Waals surface area contributed by atoms with Crippen molar-refractivity contribution >= 4 is 11.9 Å². The summed E-state index contributed by atoms with van der Waals surface area (Å²) in [5, 5.41) is 12.1. The van der Waals surface area contributed by atoms with E-state index in [2.05, 4.69) is 5.32 Å². The van der Waals surface area contributed by atoms with Crippen molar-refractivity contribution in [3.63, 3.8) is 0 Å². The van der Waals surface area contributed by atoms with Crippen molar-refractivity contribution in [1.82, 2.24) is 5.32 Å². The first-order chi connectivity index (χ1) is 11.0. The average molecular weight is 323 g/mol. The van der Waals surface area contributed by atoms with Crippen LogP contribution < -0.4 is 5.32 Å². The fourth-order valence-corrected chi connectivity index (χ4v) is 3.05. The molecule has 1 unspecified atom stereocenters. The van der Waals surface area contributed by atoms with Gasteiger partial charge in [0.05, 0.1) is 12.0 Å². The molecule has 1 atom stereocenters. The van der Waals surface area contributed by atoms with E-state index in [9.17, 15) is 9.59 Å². The molecular weight excluding hydrogens is 298 g/mol. The SMILES string of the molecule is COCCC(NC(=O)C1CCC(C(=O)O)CC1)c1ccc(C)o1. The van der Waals surface area contributed by atoms with Gasteiger partial charge in [-0.2, -0.15) is 0 Å². The van der Waals surface area contributed by atoms with Crippen LogP contribution in [0.3, 0.4) is 0 Å². The Balaban J connectivity index is 1.94. The van der Waals surface area contributed by atoms with Crippen molar-refractivity contribution in [1.29, 1.82) is 0 Å². The Bertz CT molecular complexity index is 531. The van der Waals surface area contributed by atoms with Crippen LogP contribution in [0.1, 0.15) is 49.7 Å². The highest BCUT2D eigenvalue weighted by Crippen LogP contribution is 2.30. The number of nitrogens with one attached hydrogen (secondary N) is 1. The first kappa shape index (κ1) is 17.5.